The van der Waals surface area contributed by atoms with Crippen LogP contribution in [0.15, 0.2) is 36.4 Å². The van der Waals surface area contributed by atoms with Gasteiger partial charge in [-0.25, -0.2) is 4.79 Å². The number of alkyl carbamates (subject to hydrolysis) is 1. The molecular formula is C31H45N3O5. The van der Waals surface area contributed by atoms with Gasteiger partial charge in [-0.3, -0.25) is 9.59 Å². The molecule has 0 heterocycles. The van der Waals surface area contributed by atoms with Crippen LogP contribution in [0, 0.1) is 26.7 Å². The number of amides is 3. The number of aryl methyl sites for hydroxylation is 3. The van der Waals surface area contributed by atoms with Crippen molar-refractivity contribution in [2.45, 2.75) is 92.8 Å². The third-order valence-electron chi connectivity index (χ3n) is 6.72. The van der Waals surface area contributed by atoms with Crippen molar-refractivity contribution in [1.29, 1.82) is 0 Å². The Labute approximate surface area is 233 Å². The van der Waals surface area contributed by atoms with Crippen LogP contribution in [0.5, 0.6) is 5.75 Å². The molecule has 2 aromatic rings. The van der Waals surface area contributed by atoms with Crippen molar-refractivity contribution >= 4 is 23.6 Å². The second kappa shape index (κ2) is 13.5. The Balaban J connectivity index is 2.60. The molecule has 0 aliphatic heterocycles. The standard InChI is InChI=1S/C31H45N3O5/c1-10-17-34(29(37)26(19(3)11-2)33-30(38)39-31(7,8)9)27(23-15-16-24(35)22(6)18-23)28(36)32-25-20(4)13-12-14-21(25)5/h12-16,18-19,26-27,35H,10-11,17H2,1-9H3,(H,32,36)(H,33,38). The van der Waals surface area contributed by atoms with Crippen molar-refractivity contribution in [1.82, 2.24) is 10.2 Å². The summed E-state index contributed by atoms with van der Waals surface area (Å²) >= 11 is 0. The molecule has 0 aromatic heterocycles. The first kappa shape index (κ1) is 31.7. The van der Waals surface area contributed by atoms with E-state index in [-0.39, 0.29) is 30.0 Å². The zero-order valence-electron chi connectivity index (χ0n) is 24.8. The predicted octanol–water partition coefficient (Wildman–Crippen LogP) is 6.18. The quantitative estimate of drug-likeness (QED) is 0.334. The van der Waals surface area contributed by atoms with Gasteiger partial charge in [0.1, 0.15) is 23.4 Å². The molecule has 3 atom stereocenters. The molecule has 0 bridgehead atoms. The molecule has 0 spiro atoms. The van der Waals surface area contributed by atoms with Crippen LogP contribution in [0.3, 0.4) is 0 Å². The Bertz CT molecular complexity index is 1150. The van der Waals surface area contributed by atoms with E-state index in [1.54, 1.807) is 39.8 Å². The zero-order chi connectivity index (χ0) is 29.5. The summed E-state index contributed by atoms with van der Waals surface area (Å²) in [5, 5.41) is 16.0. The van der Waals surface area contributed by atoms with Gasteiger partial charge in [-0.1, -0.05) is 51.5 Å². The van der Waals surface area contributed by atoms with Crippen LogP contribution in [0.25, 0.3) is 0 Å². The Morgan fingerprint density at radius 2 is 1.62 bits per heavy atom. The number of benzene rings is 2. The summed E-state index contributed by atoms with van der Waals surface area (Å²) in [6.45, 7) is 16.9. The highest BCUT2D eigenvalue weighted by Crippen LogP contribution is 2.30. The van der Waals surface area contributed by atoms with Crippen LogP contribution < -0.4 is 10.6 Å². The molecule has 39 heavy (non-hydrogen) atoms. The highest BCUT2D eigenvalue weighted by molar-refractivity contribution is 6.00. The van der Waals surface area contributed by atoms with Crippen molar-refractivity contribution in [2.24, 2.45) is 5.92 Å². The average molecular weight is 540 g/mol. The topological polar surface area (TPSA) is 108 Å². The maximum atomic E-state index is 14.2. The number of nitrogens with zero attached hydrogens (tertiary/aromatic N) is 1. The van der Waals surface area contributed by atoms with Crippen LogP contribution in [0.4, 0.5) is 10.5 Å². The smallest absolute Gasteiger partial charge is 0.408 e. The highest BCUT2D eigenvalue weighted by atomic mass is 16.6. The molecule has 2 aromatic carbocycles. The minimum absolute atomic E-state index is 0.102. The summed E-state index contributed by atoms with van der Waals surface area (Å²) in [4.78, 5) is 42.5. The fourth-order valence-electron chi connectivity index (χ4n) is 4.43. The van der Waals surface area contributed by atoms with Gasteiger partial charge >= 0.3 is 6.09 Å². The molecule has 0 radical (unpaired) electrons. The number of carbonyl (C=O) groups is 3. The third kappa shape index (κ3) is 8.47. The van der Waals surface area contributed by atoms with Gasteiger partial charge in [-0.05, 0) is 88.3 Å². The van der Waals surface area contributed by atoms with Crippen molar-refractivity contribution < 1.29 is 24.2 Å². The number of rotatable bonds is 10. The Morgan fingerprint density at radius 3 is 2.13 bits per heavy atom. The third-order valence-corrected chi connectivity index (χ3v) is 6.72. The molecule has 8 heteroatoms. The van der Waals surface area contributed by atoms with E-state index in [0.29, 0.717) is 29.7 Å². The highest BCUT2D eigenvalue weighted by Gasteiger charge is 2.38. The Kier molecular flexibility index (Phi) is 11.0. The van der Waals surface area contributed by atoms with Crippen molar-refractivity contribution in [3.63, 3.8) is 0 Å². The molecule has 0 saturated carbocycles. The van der Waals surface area contributed by atoms with Gasteiger partial charge in [-0.15, -0.1) is 0 Å². The first-order valence-corrected chi connectivity index (χ1v) is 13.7. The summed E-state index contributed by atoms with van der Waals surface area (Å²) in [7, 11) is 0. The largest absolute Gasteiger partial charge is 0.508 e. The number of para-hydroxylation sites is 1. The molecule has 214 valence electrons. The van der Waals surface area contributed by atoms with Gasteiger partial charge < -0.3 is 25.4 Å². The van der Waals surface area contributed by atoms with Crippen LogP contribution in [0.2, 0.25) is 0 Å². The molecule has 8 nitrogen and oxygen atoms in total. The Hall–Kier alpha value is -3.55. The summed E-state index contributed by atoms with van der Waals surface area (Å²) in [5.41, 5.74) is 2.93. The molecule has 3 N–H and O–H groups in total. The molecule has 0 aliphatic rings. The number of hydrogen-bond acceptors (Lipinski definition) is 5. The van der Waals surface area contributed by atoms with E-state index in [4.69, 9.17) is 4.74 Å². The summed E-state index contributed by atoms with van der Waals surface area (Å²) in [6, 6.07) is 8.78. The molecule has 0 saturated heterocycles. The second-order valence-corrected chi connectivity index (χ2v) is 11.2. The lowest BCUT2D eigenvalue weighted by atomic mass is 9.95. The maximum absolute atomic E-state index is 14.2. The van der Waals surface area contributed by atoms with E-state index in [1.807, 2.05) is 52.8 Å². The number of anilines is 1. The number of aromatic hydroxyl groups is 1. The van der Waals surface area contributed by atoms with Crippen LogP contribution in [-0.2, 0) is 14.3 Å². The van der Waals surface area contributed by atoms with E-state index in [0.717, 1.165) is 11.1 Å². The summed E-state index contributed by atoms with van der Waals surface area (Å²) in [6.07, 6.45) is 0.536. The van der Waals surface area contributed by atoms with Crippen molar-refractivity contribution in [2.75, 3.05) is 11.9 Å². The van der Waals surface area contributed by atoms with E-state index in [2.05, 4.69) is 10.6 Å². The monoisotopic (exact) mass is 539 g/mol. The van der Waals surface area contributed by atoms with Crippen LogP contribution in [0.1, 0.15) is 82.7 Å². The van der Waals surface area contributed by atoms with Gasteiger partial charge in [0, 0.05) is 12.2 Å². The lowest BCUT2D eigenvalue weighted by Crippen LogP contribution is -2.55. The van der Waals surface area contributed by atoms with Crippen LogP contribution in [-0.4, -0.2) is 46.1 Å². The normalized spacial score (nSPS) is 13.7. The maximum Gasteiger partial charge on any atom is 0.408 e. The molecule has 0 aliphatic carbocycles. The van der Waals surface area contributed by atoms with E-state index in [9.17, 15) is 19.5 Å². The van der Waals surface area contributed by atoms with E-state index >= 15 is 0 Å². The lowest BCUT2D eigenvalue weighted by Gasteiger charge is -2.36. The molecule has 3 amide bonds. The molecule has 0 fully saturated rings. The predicted molar refractivity (Wildman–Crippen MR) is 155 cm³/mol. The lowest BCUT2D eigenvalue weighted by molar-refractivity contribution is -0.141. The number of phenols is 1. The van der Waals surface area contributed by atoms with Crippen molar-refractivity contribution in [3.8, 4) is 5.75 Å². The summed E-state index contributed by atoms with van der Waals surface area (Å²) < 4.78 is 5.45. The van der Waals surface area contributed by atoms with Gasteiger partial charge in [-0.2, -0.15) is 0 Å². The number of carbonyl (C=O) groups excluding carboxylic acids is 3. The molecule has 2 rings (SSSR count). The molecular weight excluding hydrogens is 494 g/mol. The first-order valence-electron chi connectivity index (χ1n) is 13.7. The minimum Gasteiger partial charge on any atom is -0.508 e. The van der Waals surface area contributed by atoms with Crippen LogP contribution >= 0.6 is 0 Å². The first-order chi connectivity index (χ1) is 18.2. The fraction of sp³-hybridized carbons (Fsp3) is 0.516. The van der Waals surface area contributed by atoms with E-state index in [1.165, 1.54) is 11.0 Å². The average Bonchev–Trinajstić information content (AvgIpc) is 2.84. The second-order valence-electron chi connectivity index (χ2n) is 11.2. The van der Waals surface area contributed by atoms with Gasteiger partial charge in [0.05, 0.1) is 0 Å². The van der Waals surface area contributed by atoms with Crippen molar-refractivity contribution in [3.05, 3.63) is 58.7 Å². The molecule has 3 unspecified atom stereocenters. The summed E-state index contributed by atoms with van der Waals surface area (Å²) in [5.74, 6) is -0.859. The van der Waals surface area contributed by atoms with Gasteiger partial charge in [0.15, 0.2) is 0 Å². The number of nitrogens with one attached hydrogen (secondary N) is 2. The Morgan fingerprint density at radius 1 is 1.00 bits per heavy atom. The number of ether oxygens (including phenoxy) is 1. The zero-order valence-corrected chi connectivity index (χ0v) is 24.8. The van der Waals surface area contributed by atoms with Gasteiger partial charge in [0.25, 0.3) is 5.91 Å². The number of hydrogen-bond donors (Lipinski definition) is 3. The van der Waals surface area contributed by atoms with E-state index < -0.39 is 23.8 Å². The van der Waals surface area contributed by atoms with Gasteiger partial charge in [0.2, 0.25) is 5.91 Å². The SMILES string of the molecule is CCCN(C(=O)C(NC(=O)OC(C)(C)C)C(C)CC)C(C(=O)Nc1c(C)cccc1C)c1ccc(O)c(C)c1. The fourth-order valence-corrected chi connectivity index (χ4v) is 4.43. The minimum atomic E-state index is -0.997. The number of phenolic OH excluding ortho intramolecular Hbond substituents is 1.